The van der Waals surface area contributed by atoms with Gasteiger partial charge in [0.1, 0.15) is 0 Å². The van der Waals surface area contributed by atoms with Crippen LogP contribution >= 0.6 is 11.3 Å². The topological polar surface area (TPSA) is 24.9 Å². The molecule has 90 valence electrons. The van der Waals surface area contributed by atoms with Crippen LogP contribution in [0.3, 0.4) is 0 Å². The Morgan fingerprint density at radius 2 is 2.18 bits per heavy atom. The Hall–Kier alpha value is -0.930. The van der Waals surface area contributed by atoms with E-state index >= 15 is 0 Å². The molecular formula is C14H18N2S. The van der Waals surface area contributed by atoms with Gasteiger partial charge in [0, 0.05) is 12.5 Å². The Kier molecular flexibility index (Phi) is 2.68. The fourth-order valence-electron chi connectivity index (χ4n) is 2.53. The SMILES string of the molecule is CNC(C)C1(Cc2nc3ccccc3s2)CC1. The Morgan fingerprint density at radius 3 is 2.82 bits per heavy atom. The van der Waals surface area contributed by atoms with Gasteiger partial charge in [-0.1, -0.05) is 12.1 Å². The van der Waals surface area contributed by atoms with E-state index in [1.165, 1.54) is 22.5 Å². The second-order valence-corrected chi connectivity index (χ2v) is 6.24. The van der Waals surface area contributed by atoms with Crippen molar-refractivity contribution in [3.8, 4) is 0 Å². The Labute approximate surface area is 106 Å². The van der Waals surface area contributed by atoms with Crippen LogP contribution in [0.2, 0.25) is 0 Å². The van der Waals surface area contributed by atoms with E-state index in [0.717, 1.165) is 11.9 Å². The molecule has 0 radical (unpaired) electrons. The quantitative estimate of drug-likeness (QED) is 0.896. The molecule has 1 aromatic heterocycles. The van der Waals surface area contributed by atoms with E-state index in [1.807, 2.05) is 11.3 Å². The van der Waals surface area contributed by atoms with E-state index in [2.05, 4.69) is 43.6 Å². The molecule has 1 aliphatic rings. The summed E-state index contributed by atoms with van der Waals surface area (Å²) < 4.78 is 1.32. The maximum atomic E-state index is 4.75. The van der Waals surface area contributed by atoms with Crippen LogP contribution in [0.25, 0.3) is 10.2 Å². The van der Waals surface area contributed by atoms with E-state index < -0.39 is 0 Å². The van der Waals surface area contributed by atoms with Crippen molar-refractivity contribution in [1.82, 2.24) is 10.3 Å². The number of benzene rings is 1. The van der Waals surface area contributed by atoms with Crippen LogP contribution in [-0.2, 0) is 6.42 Å². The van der Waals surface area contributed by atoms with E-state index in [9.17, 15) is 0 Å². The molecule has 1 unspecified atom stereocenters. The van der Waals surface area contributed by atoms with Crippen molar-refractivity contribution in [3.63, 3.8) is 0 Å². The molecule has 1 N–H and O–H groups in total. The van der Waals surface area contributed by atoms with Crippen LogP contribution in [0, 0.1) is 5.41 Å². The third-order valence-corrected chi connectivity index (χ3v) is 5.12. The Bertz CT molecular complexity index is 495. The summed E-state index contributed by atoms with van der Waals surface area (Å²) in [6.45, 7) is 2.29. The van der Waals surface area contributed by atoms with Gasteiger partial charge in [-0.3, -0.25) is 0 Å². The summed E-state index contributed by atoms with van der Waals surface area (Å²) >= 11 is 1.85. The molecule has 1 fully saturated rings. The molecule has 3 heteroatoms. The highest BCUT2D eigenvalue weighted by atomic mass is 32.1. The highest BCUT2D eigenvalue weighted by molar-refractivity contribution is 7.18. The second kappa shape index (κ2) is 4.07. The molecule has 1 atom stereocenters. The molecule has 1 aliphatic carbocycles. The minimum Gasteiger partial charge on any atom is -0.317 e. The van der Waals surface area contributed by atoms with Crippen LogP contribution < -0.4 is 5.32 Å². The Balaban J connectivity index is 1.85. The lowest BCUT2D eigenvalue weighted by atomic mass is 9.94. The van der Waals surface area contributed by atoms with Crippen molar-refractivity contribution in [2.45, 2.75) is 32.2 Å². The summed E-state index contributed by atoms with van der Waals surface area (Å²) in [5.74, 6) is 0. The fraction of sp³-hybridized carbons (Fsp3) is 0.500. The molecule has 17 heavy (non-hydrogen) atoms. The lowest BCUT2D eigenvalue weighted by Gasteiger charge is -2.21. The van der Waals surface area contributed by atoms with Crippen LogP contribution in [0.1, 0.15) is 24.8 Å². The molecule has 0 bridgehead atoms. The zero-order valence-electron chi connectivity index (χ0n) is 10.4. The number of aromatic nitrogens is 1. The number of para-hydroxylation sites is 1. The first-order chi connectivity index (χ1) is 8.23. The van der Waals surface area contributed by atoms with Gasteiger partial charge < -0.3 is 5.32 Å². The summed E-state index contributed by atoms with van der Waals surface area (Å²) in [6, 6.07) is 9.02. The van der Waals surface area contributed by atoms with E-state index in [0.29, 0.717) is 11.5 Å². The second-order valence-electron chi connectivity index (χ2n) is 5.12. The van der Waals surface area contributed by atoms with Gasteiger partial charge in [0.05, 0.1) is 15.2 Å². The normalized spacial score (nSPS) is 19.4. The first-order valence-electron chi connectivity index (χ1n) is 6.25. The summed E-state index contributed by atoms with van der Waals surface area (Å²) in [7, 11) is 2.06. The van der Waals surface area contributed by atoms with Gasteiger partial charge in [0.2, 0.25) is 0 Å². The van der Waals surface area contributed by atoms with Crippen LogP contribution in [0.5, 0.6) is 0 Å². The first kappa shape index (κ1) is 11.2. The van der Waals surface area contributed by atoms with Gasteiger partial charge in [-0.2, -0.15) is 0 Å². The molecule has 0 spiro atoms. The number of fused-ring (bicyclic) bond motifs is 1. The van der Waals surface area contributed by atoms with Crippen molar-refractivity contribution in [3.05, 3.63) is 29.3 Å². The zero-order valence-corrected chi connectivity index (χ0v) is 11.2. The molecule has 0 aliphatic heterocycles. The molecular weight excluding hydrogens is 228 g/mol. The summed E-state index contributed by atoms with van der Waals surface area (Å²) in [5.41, 5.74) is 1.63. The highest BCUT2D eigenvalue weighted by Crippen LogP contribution is 2.51. The highest BCUT2D eigenvalue weighted by Gasteiger charge is 2.47. The molecule has 3 rings (SSSR count). The molecule has 1 heterocycles. The average molecular weight is 246 g/mol. The number of hydrogen-bond donors (Lipinski definition) is 1. The number of nitrogens with one attached hydrogen (secondary N) is 1. The molecule has 0 amide bonds. The molecule has 1 saturated carbocycles. The van der Waals surface area contributed by atoms with Gasteiger partial charge in [-0.05, 0) is 44.4 Å². The standard InChI is InChI=1S/C14H18N2S/c1-10(15-2)14(7-8-14)9-13-16-11-5-3-4-6-12(11)17-13/h3-6,10,15H,7-9H2,1-2H3. The molecule has 2 nitrogen and oxygen atoms in total. The fourth-order valence-corrected chi connectivity index (χ4v) is 3.65. The van der Waals surface area contributed by atoms with Gasteiger partial charge in [-0.15, -0.1) is 11.3 Å². The number of nitrogens with zero attached hydrogens (tertiary/aromatic N) is 1. The van der Waals surface area contributed by atoms with Crippen molar-refractivity contribution < 1.29 is 0 Å². The maximum absolute atomic E-state index is 4.75. The summed E-state index contributed by atoms with van der Waals surface area (Å²) in [4.78, 5) is 4.75. The molecule has 0 saturated heterocycles. The lowest BCUT2D eigenvalue weighted by Crippen LogP contribution is -2.33. The van der Waals surface area contributed by atoms with E-state index in [-0.39, 0.29) is 0 Å². The van der Waals surface area contributed by atoms with Gasteiger partial charge in [0.25, 0.3) is 0 Å². The predicted octanol–water partition coefficient (Wildman–Crippen LogP) is 3.23. The van der Waals surface area contributed by atoms with Gasteiger partial charge in [-0.25, -0.2) is 4.98 Å². The number of rotatable bonds is 4. The predicted molar refractivity (Wildman–Crippen MR) is 73.5 cm³/mol. The summed E-state index contributed by atoms with van der Waals surface area (Å²) in [5, 5.41) is 4.70. The summed E-state index contributed by atoms with van der Waals surface area (Å²) in [6.07, 6.45) is 3.81. The maximum Gasteiger partial charge on any atom is 0.0944 e. The van der Waals surface area contributed by atoms with Gasteiger partial charge >= 0.3 is 0 Å². The first-order valence-corrected chi connectivity index (χ1v) is 7.07. The van der Waals surface area contributed by atoms with Gasteiger partial charge in [0.15, 0.2) is 0 Å². The monoisotopic (exact) mass is 246 g/mol. The van der Waals surface area contributed by atoms with Crippen LogP contribution in [0.4, 0.5) is 0 Å². The third kappa shape index (κ3) is 1.98. The minimum atomic E-state index is 0.475. The van der Waals surface area contributed by atoms with Crippen molar-refractivity contribution >= 4 is 21.6 Å². The van der Waals surface area contributed by atoms with Crippen LogP contribution in [0.15, 0.2) is 24.3 Å². The zero-order chi connectivity index (χ0) is 11.9. The van der Waals surface area contributed by atoms with E-state index in [4.69, 9.17) is 4.98 Å². The van der Waals surface area contributed by atoms with Crippen molar-refractivity contribution in [1.29, 1.82) is 0 Å². The lowest BCUT2D eigenvalue weighted by molar-refractivity contribution is 0.369. The van der Waals surface area contributed by atoms with Crippen molar-refractivity contribution in [2.24, 2.45) is 5.41 Å². The largest absolute Gasteiger partial charge is 0.317 e. The van der Waals surface area contributed by atoms with Crippen LogP contribution in [-0.4, -0.2) is 18.1 Å². The minimum absolute atomic E-state index is 0.475. The van der Waals surface area contributed by atoms with Crippen molar-refractivity contribution in [2.75, 3.05) is 7.05 Å². The molecule has 1 aromatic carbocycles. The smallest absolute Gasteiger partial charge is 0.0944 e. The van der Waals surface area contributed by atoms with E-state index in [1.54, 1.807) is 0 Å². The third-order valence-electron chi connectivity index (χ3n) is 4.09. The average Bonchev–Trinajstić information content (AvgIpc) is 3.00. The Morgan fingerprint density at radius 1 is 1.41 bits per heavy atom. The molecule has 2 aromatic rings. The number of thiazole rings is 1. The number of hydrogen-bond acceptors (Lipinski definition) is 3.